The second-order valence-electron chi connectivity index (χ2n) is 5.21. The number of ketones is 2. The Hall–Kier alpha value is -1.11. The normalized spacial score (nSPS) is 8.50. The molecule has 0 bridgehead atoms. The van der Waals surface area contributed by atoms with Gasteiger partial charge in [-0.25, -0.2) is 0 Å². The van der Waals surface area contributed by atoms with E-state index in [1.165, 1.54) is 6.42 Å². The molecule has 0 saturated heterocycles. The quantitative estimate of drug-likeness (QED) is 0.185. The Balaban J connectivity index is 0. The summed E-state index contributed by atoms with van der Waals surface area (Å²) in [6, 6.07) is 18.2. The Kier molecular flexibility index (Phi) is 23.0. The van der Waals surface area contributed by atoms with Crippen molar-refractivity contribution in [2.24, 2.45) is 0 Å². The molecule has 28 heavy (non-hydrogen) atoms. The maximum absolute atomic E-state index is 9.83. The second kappa shape index (κ2) is 22.2. The van der Waals surface area contributed by atoms with Crippen LogP contribution in [0.4, 0.5) is 0 Å². The number of carbonyl (C=O) groups excluding carboxylic acids is 2. The molecule has 0 spiro atoms. The van der Waals surface area contributed by atoms with Crippen LogP contribution in [-0.2, 0) is 17.6 Å². The van der Waals surface area contributed by atoms with Gasteiger partial charge in [-0.15, -0.1) is 24.3 Å². The average Bonchev–Trinajstić information content (AvgIpc) is 2.75. The van der Waals surface area contributed by atoms with Crippen LogP contribution in [0.3, 0.4) is 0 Å². The molecule has 4 nitrogen and oxygen atoms in total. The van der Waals surface area contributed by atoms with Crippen molar-refractivity contribution in [3.8, 4) is 0 Å². The summed E-state index contributed by atoms with van der Waals surface area (Å²) in [5, 5.41) is 12.9. The zero-order valence-electron chi connectivity index (χ0n) is 16.3. The molecule has 0 saturated carbocycles. The van der Waals surface area contributed by atoms with Crippen molar-refractivity contribution in [3.05, 3.63) is 78.2 Å². The van der Waals surface area contributed by atoms with E-state index in [4.69, 9.17) is 28.6 Å². The minimum Gasteiger partial charge on any atom is -0.300 e. The SMILES string of the molecule is CCC[OH2+].CCC[OH2+].[Cl][Nb][Cl].[OH+]=C([CH-]C(=[OH+])c1ccccc1)c1ccccc1. The van der Waals surface area contributed by atoms with Crippen LogP contribution in [0.2, 0.25) is 0 Å². The third-order valence-electron chi connectivity index (χ3n) is 2.91. The molecular formula is C21H31Cl2NbO4+3. The van der Waals surface area contributed by atoms with Gasteiger partial charge in [0.1, 0.15) is 13.2 Å². The van der Waals surface area contributed by atoms with Crippen LogP contribution in [0.25, 0.3) is 0 Å². The molecule has 0 atom stereocenters. The number of hydrogen-bond donors (Lipinski definition) is 0. The third-order valence-corrected chi connectivity index (χ3v) is 2.91. The molecule has 0 aromatic heterocycles. The monoisotopic (exact) mass is 510 g/mol. The Morgan fingerprint density at radius 1 is 0.786 bits per heavy atom. The Morgan fingerprint density at radius 3 is 1.25 bits per heavy atom. The zero-order chi connectivity index (χ0) is 21.6. The first-order valence-corrected chi connectivity index (χ1v) is 14.5. The van der Waals surface area contributed by atoms with Gasteiger partial charge < -0.3 is 19.8 Å². The van der Waals surface area contributed by atoms with E-state index in [9.17, 15) is 9.59 Å². The molecule has 0 amide bonds. The molecule has 2 rings (SSSR count). The van der Waals surface area contributed by atoms with Crippen LogP contribution in [-0.4, -0.2) is 44.6 Å². The van der Waals surface area contributed by atoms with E-state index in [1.807, 2.05) is 50.2 Å². The predicted octanol–water partition coefficient (Wildman–Crippen LogP) is 4.00. The average molecular weight is 511 g/mol. The first-order chi connectivity index (χ1) is 13.5. The van der Waals surface area contributed by atoms with Crippen molar-refractivity contribution in [2.75, 3.05) is 13.2 Å². The van der Waals surface area contributed by atoms with Crippen LogP contribution in [0.15, 0.2) is 60.7 Å². The maximum atomic E-state index is 9.83. The van der Waals surface area contributed by atoms with Gasteiger partial charge in [0.05, 0.1) is 0 Å². The van der Waals surface area contributed by atoms with Gasteiger partial charge in [0.15, 0.2) is 0 Å². The van der Waals surface area contributed by atoms with Gasteiger partial charge in [-0.1, -0.05) is 50.2 Å². The summed E-state index contributed by atoms with van der Waals surface area (Å²) in [6.45, 7) is 5.12. The number of rotatable bonds is 6. The summed E-state index contributed by atoms with van der Waals surface area (Å²) in [5.41, 5.74) is 1.35. The van der Waals surface area contributed by atoms with Crippen molar-refractivity contribution >= 4 is 29.9 Å². The van der Waals surface area contributed by atoms with Crippen molar-refractivity contribution in [3.63, 3.8) is 0 Å². The summed E-state index contributed by atoms with van der Waals surface area (Å²) in [5.74, 6) is 0.0962. The first kappa shape index (κ1) is 29.1. The number of halogens is 2. The topological polar surface area (TPSA) is 88.6 Å². The van der Waals surface area contributed by atoms with Gasteiger partial charge in [0, 0.05) is 19.3 Å². The molecule has 0 aliphatic carbocycles. The van der Waals surface area contributed by atoms with Gasteiger partial charge in [0.25, 0.3) is 11.6 Å². The van der Waals surface area contributed by atoms with E-state index in [-0.39, 0.29) is 11.6 Å². The van der Waals surface area contributed by atoms with E-state index in [0.29, 0.717) is 24.3 Å². The van der Waals surface area contributed by atoms with E-state index in [0.717, 1.165) is 12.8 Å². The minimum absolute atomic E-state index is 0.0481. The summed E-state index contributed by atoms with van der Waals surface area (Å²) >= 11 is -0.706. The van der Waals surface area contributed by atoms with Crippen LogP contribution in [0.1, 0.15) is 37.8 Å². The van der Waals surface area contributed by atoms with Crippen LogP contribution >= 0.6 is 18.4 Å². The largest absolute Gasteiger partial charge is 0.300 e. The van der Waals surface area contributed by atoms with Crippen molar-refractivity contribution < 1.29 is 37.4 Å². The number of hydrogen-bond acceptors (Lipinski definition) is 0. The summed E-state index contributed by atoms with van der Waals surface area (Å²) < 4.78 is 0. The fraction of sp³-hybridized carbons (Fsp3) is 0.286. The molecule has 7 heteroatoms. The Morgan fingerprint density at radius 2 is 1.04 bits per heavy atom. The van der Waals surface area contributed by atoms with E-state index in [1.54, 1.807) is 24.3 Å². The summed E-state index contributed by atoms with van der Waals surface area (Å²) in [4.78, 5) is 19.7. The fourth-order valence-corrected chi connectivity index (χ4v) is 1.51. The van der Waals surface area contributed by atoms with Crippen molar-refractivity contribution in [2.45, 2.75) is 26.7 Å². The molecular weight excluding hydrogens is 480 g/mol. The minimum atomic E-state index is -0.706. The van der Waals surface area contributed by atoms with Crippen molar-refractivity contribution in [1.29, 1.82) is 0 Å². The van der Waals surface area contributed by atoms with Crippen LogP contribution < -0.4 is 0 Å². The van der Waals surface area contributed by atoms with Crippen LogP contribution in [0, 0.1) is 6.42 Å². The molecule has 0 heterocycles. The third kappa shape index (κ3) is 17.0. The second-order valence-corrected chi connectivity index (χ2v) is 8.55. The maximum Gasteiger partial charge on any atom is 0.255 e. The molecule has 155 valence electrons. The number of benzene rings is 2. The standard InChI is InChI=1S/C15H11O2.2C3H8O.2ClH.Nb/c16-14(12-7-3-1-4-8-12)11-15(17)13-9-5-2-6-10-13;2*1-2-3-4;;;/h1-11H;2*4H,2-3H2,1H3;2*1H;/q-1;;;;;+2/p+2. The molecule has 0 unspecified atom stereocenters. The van der Waals surface area contributed by atoms with Crippen molar-refractivity contribution in [1.82, 2.24) is 0 Å². The molecule has 0 aliphatic heterocycles. The smallest absolute Gasteiger partial charge is 0.255 e. The molecule has 0 fully saturated rings. The van der Waals surface area contributed by atoms with E-state index in [2.05, 4.69) is 0 Å². The molecule has 0 aliphatic rings. The molecule has 0 radical (unpaired) electrons. The van der Waals surface area contributed by atoms with Crippen LogP contribution in [0.5, 0.6) is 0 Å². The summed E-state index contributed by atoms with van der Waals surface area (Å²) in [6.07, 6.45) is 3.32. The molecule has 2 aromatic rings. The van der Waals surface area contributed by atoms with Gasteiger partial charge in [0.2, 0.25) is 0 Å². The van der Waals surface area contributed by atoms with E-state index < -0.39 is 17.6 Å². The Bertz CT molecular complexity index is 553. The predicted molar refractivity (Wildman–Crippen MR) is 119 cm³/mol. The van der Waals surface area contributed by atoms with E-state index >= 15 is 0 Å². The Labute approximate surface area is 184 Å². The first-order valence-electron chi connectivity index (χ1n) is 8.81. The summed E-state index contributed by atoms with van der Waals surface area (Å²) in [7, 11) is 9.83. The van der Waals surface area contributed by atoms with Gasteiger partial charge in [-0.3, -0.25) is 0 Å². The van der Waals surface area contributed by atoms with Gasteiger partial charge in [-0.2, -0.15) is 0 Å². The fourth-order valence-electron chi connectivity index (χ4n) is 1.51. The van der Waals surface area contributed by atoms with Gasteiger partial charge in [-0.05, 0) is 11.1 Å². The molecule has 2 aromatic carbocycles. The van der Waals surface area contributed by atoms with Gasteiger partial charge >= 0.3 is 36.0 Å². The molecule has 6 N–H and O–H groups in total. The zero-order valence-corrected chi connectivity index (χ0v) is 20.0.